The van der Waals surface area contributed by atoms with Crippen LogP contribution in [0.25, 0.3) is 0 Å². The summed E-state index contributed by atoms with van der Waals surface area (Å²) in [7, 11) is 0. The topological polar surface area (TPSA) is 50.4 Å². The molecule has 1 aliphatic rings. The van der Waals surface area contributed by atoms with Gasteiger partial charge in [0.15, 0.2) is 0 Å². The average Bonchev–Trinajstić information content (AvgIpc) is 2.85. The molecule has 104 valence electrons. The molecule has 1 amide bonds. The Morgan fingerprint density at radius 3 is 2.63 bits per heavy atom. The third-order valence-electron chi connectivity index (χ3n) is 3.32. The first-order valence-corrected chi connectivity index (χ1v) is 6.95. The first kappa shape index (κ1) is 14.0. The van der Waals surface area contributed by atoms with E-state index in [1.165, 1.54) is 5.56 Å². The molecule has 0 spiro atoms. The highest BCUT2D eigenvalue weighted by molar-refractivity contribution is 5.94. The number of ether oxygens (including phenoxy) is 1. The molecule has 1 saturated heterocycles. The molecule has 1 aromatic rings. The molecule has 1 aliphatic heterocycles. The van der Waals surface area contributed by atoms with Crippen molar-refractivity contribution in [2.45, 2.75) is 45.4 Å². The van der Waals surface area contributed by atoms with Gasteiger partial charge in [0.1, 0.15) is 6.10 Å². The minimum atomic E-state index is -0.295. The van der Waals surface area contributed by atoms with Crippen molar-refractivity contribution in [3.8, 4) is 0 Å². The van der Waals surface area contributed by atoms with Gasteiger partial charge < -0.3 is 15.4 Å². The zero-order valence-electron chi connectivity index (χ0n) is 11.6. The summed E-state index contributed by atoms with van der Waals surface area (Å²) in [5, 5.41) is 6.17. The molecule has 2 N–H and O–H groups in total. The van der Waals surface area contributed by atoms with Gasteiger partial charge in [-0.1, -0.05) is 19.1 Å². The number of amides is 1. The van der Waals surface area contributed by atoms with Gasteiger partial charge in [-0.3, -0.25) is 4.79 Å². The van der Waals surface area contributed by atoms with E-state index in [0.717, 1.165) is 31.6 Å². The van der Waals surface area contributed by atoms with E-state index in [1.807, 2.05) is 31.2 Å². The fourth-order valence-electron chi connectivity index (χ4n) is 2.19. The molecule has 1 aromatic carbocycles. The lowest BCUT2D eigenvalue weighted by Crippen LogP contribution is -2.27. The Hall–Kier alpha value is -1.39. The number of anilines is 1. The van der Waals surface area contributed by atoms with E-state index in [4.69, 9.17) is 4.74 Å². The van der Waals surface area contributed by atoms with Gasteiger partial charge in [0.2, 0.25) is 0 Å². The zero-order chi connectivity index (χ0) is 13.7. The van der Waals surface area contributed by atoms with Crippen LogP contribution >= 0.6 is 0 Å². The summed E-state index contributed by atoms with van der Waals surface area (Å²) in [5.41, 5.74) is 2.04. The summed E-state index contributed by atoms with van der Waals surface area (Å²) < 4.78 is 5.55. The highest BCUT2D eigenvalue weighted by atomic mass is 16.5. The van der Waals surface area contributed by atoms with Crippen LogP contribution in [0.4, 0.5) is 5.69 Å². The average molecular weight is 262 g/mol. The van der Waals surface area contributed by atoms with Crippen molar-refractivity contribution in [2.24, 2.45) is 0 Å². The van der Waals surface area contributed by atoms with E-state index in [1.54, 1.807) is 0 Å². The largest absolute Gasteiger partial charge is 0.365 e. The van der Waals surface area contributed by atoms with E-state index < -0.39 is 0 Å². The molecule has 2 rings (SSSR count). The van der Waals surface area contributed by atoms with Gasteiger partial charge in [-0.2, -0.15) is 0 Å². The summed E-state index contributed by atoms with van der Waals surface area (Å²) in [6.07, 6.45) is 1.67. The maximum absolute atomic E-state index is 12.0. The van der Waals surface area contributed by atoms with Crippen LogP contribution < -0.4 is 10.6 Å². The molecule has 2 unspecified atom stereocenters. The summed E-state index contributed by atoms with van der Waals surface area (Å²) in [5.74, 6) is -0.0382. The number of carbonyl (C=O) groups excluding carboxylic acids is 1. The standard InChI is InChI=1S/C15H22N2O2/c1-3-16-10-12-5-7-13(8-6-12)17-15(18)14-9-4-11(2)19-14/h5-8,11,14,16H,3-4,9-10H2,1-2H3,(H,17,18). The van der Waals surface area contributed by atoms with Crippen LogP contribution in [0.1, 0.15) is 32.3 Å². The first-order valence-electron chi connectivity index (χ1n) is 6.95. The second-order valence-corrected chi connectivity index (χ2v) is 4.98. The summed E-state index contributed by atoms with van der Waals surface area (Å²) in [4.78, 5) is 12.0. The fraction of sp³-hybridized carbons (Fsp3) is 0.533. The van der Waals surface area contributed by atoms with E-state index in [-0.39, 0.29) is 18.1 Å². The van der Waals surface area contributed by atoms with Crippen molar-refractivity contribution in [2.75, 3.05) is 11.9 Å². The third kappa shape index (κ3) is 4.04. The third-order valence-corrected chi connectivity index (χ3v) is 3.32. The van der Waals surface area contributed by atoms with Crippen LogP contribution in [-0.4, -0.2) is 24.7 Å². The van der Waals surface area contributed by atoms with Crippen LogP contribution in [0.15, 0.2) is 24.3 Å². The number of rotatable bonds is 5. The second-order valence-electron chi connectivity index (χ2n) is 4.98. The van der Waals surface area contributed by atoms with Crippen LogP contribution in [0, 0.1) is 0 Å². The maximum atomic E-state index is 12.0. The van der Waals surface area contributed by atoms with Crippen molar-refractivity contribution < 1.29 is 9.53 Å². The molecule has 0 aromatic heterocycles. The van der Waals surface area contributed by atoms with Crippen LogP contribution in [0.3, 0.4) is 0 Å². The van der Waals surface area contributed by atoms with Crippen LogP contribution in [0.5, 0.6) is 0 Å². The smallest absolute Gasteiger partial charge is 0.253 e. The minimum Gasteiger partial charge on any atom is -0.365 e. The quantitative estimate of drug-likeness (QED) is 0.856. The Labute approximate surface area is 114 Å². The van der Waals surface area contributed by atoms with Gasteiger partial charge in [0.05, 0.1) is 6.10 Å². The fourth-order valence-corrected chi connectivity index (χ4v) is 2.19. The molecular weight excluding hydrogens is 240 g/mol. The molecule has 0 radical (unpaired) electrons. The van der Waals surface area contributed by atoms with Gasteiger partial charge in [-0.25, -0.2) is 0 Å². The SMILES string of the molecule is CCNCc1ccc(NC(=O)C2CCC(C)O2)cc1. The maximum Gasteiger partial charge on any atom is 0.253 e. The van der Waals surface area contributed by atoms with Crippen molar-refractivity contribution >= 4 is 11.6 Å². The van der Waals surface area contributed by atoms with Crippen molar-refractivity contribution in [1.82, 2.24) is 5.32 Å². The molecule has 0 aliphatic carbocycles. The van der Waals surface area contributed by atoms with Crippen molar-refractivity contribution in [1.29, 1.82) is 0 Å². The highest BCUT2D eigenvalue weighted by Gasteiger charge is 2.27. The van der Waals surface area contributed by atoms with E-state index in [9.17, 15) is 4.79 Å². The monoisotopic (exact) mass is 262 g/mol. The van der Waals surface area contributed by atoms with Crippen molar-refractivity contribution in [3.63, 3.8) is 0 Å². The minimum absolute atomic E-state index is 0.0382. The van der Waals surface area contributed by atoms with Gasteiger partial charge >= 0.3 is 0 Å². The number of hydrogen-bond acceptors (Lipinski definition) is 3. The highest BCUT2D eigenvalue weighted by Crippen LogP contribution is 2.20. The number of nitrogens with one attached hydrogen (secondary N) is 2. The Kier molecular flexibility index (Phi) is 4.93. The molecule has 1 fully saturated rings. The molecule has 1 heterocycles. The Morgan fingerprint density at radius 1 is 1.32 bits per heavy atom. The molecular formula is C15H22N2O2. The number of hydrogen-bond donors (Lipinski definition) is 2. The second kappa shape index (κ2) is 6.68. The van der Waals surface area contributed by atoms with Crippen LogP contribution in [0.2, 0.25) is 0 Å². The van der Waals surface area contributed by atoms with Gasteiger partial charge in [-0.15, -0.1) is 0 Å². The predicted molar refractivity (Wildman–Crippen MR) is 76.0 cm³/mol. The number of carbonyl (C=O) groups is 1. The Balaban J connectivity index is 1.87. The Bertz CT molecular complexity index is 417. The summed E-state index contributed by atoms with van der Waals surface area (Å²) >= 11 is 0. The molecule has 0 saturated carbocycles. The predicted octanol–water partition coefficient (Wildman–Crippen LogP) is 2.30. The van der Waals surface area contributed by atoms with Crippen molar-refractivity contribution in [3.05, 3.63) is 29.8 Å². The number of benzene rings is 1. The molecule has 19 heavy (non-hydrogen) atoms. The normalized spacial score (nSPS) is 22.4. The van der Waals surface area contributed by atoms with Crippen LogP contribution in [-0.2, 0) is 16.1 Å². The molecule has 0 bridgehead atoms. The van der Waals surface area contributed by atoms with Gasteiger partial charge in [0, 0.05) is 12.2 Å². The Morgan fingerprint density at radius 2 is 2.05 bits per heavy atom. The first-order chi connectivity index (χ1) is 9.19. The van der Waals surface area contributed by atoms with Gasteiger partial charge in [-0.05, 0) is 44.0 Å². The van der Waals surface area contributed by atoms with E-state index in [0.29, 0.717) is 0 Å². The lowest BCUT2D eigenvalue weighted by Gasteiger charge is -2.12. The lowest BCUT2D eigenvalue weighted by molar-refractivity contribution is -0.126. The summed E-state index contributed by atoms with van der Waals surface area (Å²) in [6, 6.07) is 7.92. The van der Waals surface area contributed by atoms with Gasteiger partial charge in [0.25, 0.3) is 5.91 Å². The summed E-state index contributed by atoms with van der Waals surface area (Å²) in [6.45, 7) is 5.89. The molecule has 4 heteroatoms. The lowest BCUT2D eigenvalue weighted by atomic mass is 10.2. The van der Waals surface area contributed by atoms with E-state index >= 15 is 0 Å². The molecule has 2 atom stereocenters. The molecule has 4 nitrogen and oxygen atoms in total. The van der Waals surface area contributed by atoms with E-state index in [2.05, 4.69) is 17.6 Å². The zero-order valence-corrected chi connectivity index (χ0v) is 11.6.